The predicted molar refractivity (Wildman–Crippen MR) is 80.2 cm³/mol. The first-order valence-corrected chi connectivity index (χ1v) is 7.31. The van der Waals surface area contributed by atoms with E-state index in [9.17, 15) is 9.59 Å². The molecular weight excluding hydrogens is 268 g/mol. The van der Waals surface area contributed by atoms with Crippen molar-refractivity contribution in [1.29, 1.82) is 0 Å². The number of amides is 2. The summed E-state index contributed by atoms with van der Waals surface area (Å²) in [4.78, 5) is 25.1. The van der Waals surface area contributed by atoms with Gasteiger partial charge >= 0.3 is 0 Å². The lowest BCUT2D eigenvalue weighted by Crippen LogP contribution is -2.37. The van der Waals surface area contributed by atoms with Gasteiger partial charge in [-0.1, -0.05) is 12.1 Å². The molecule has 1 aromatic carbocycles. The molecule has 1 aliphatic heterocycles. The molecule has 2 rings (SSSR count). The molecule has 0 unspecified atom stereocenters. The van der Waals surface area contributed by atoms with Crippen LogP contribution in [-0.2, 0) is 9.59 Å². The van der Waals surface area contributed by atoms with Crippen LogP contribution in [0, 0.1) is 13.8 Å². The third kappa shape index (κ3) is 4.21. The lowest BCUT2D eigenvalue weighted by Gasteiger charge is -2.19. The molecule has 114 valence electrons. The molecule has 2 amide bonds. The van der Waals surface area contributed by atoms with Gasteiger partial charge in [0.25, 0.3) is 0 Å². The second kappa shape index (κ2) is 7.11. The molecule has 0 spiro atoms. The Labute approximate surface area is 125 Å². The summed E-state index contributed by atoms with van der Waals surface area (Å²) >= 11 is 0. The SMILES string of the molecule is Cc1cccc(OCCC(=O)N2CCCNC(=O)C2)c1C. The number of aryl methyl sites for hydroxylation is 1. The third-order valence-electron chi connectivity index (χ3n) is 3.74. The Hall–Kier alpha value is -2.04. The molecule has 1 fully saturated rings. The van der Waals surface area contributed by atoms with Gasteiger partial charge in [-0.25, -0.2) is 0 Å². The van der Waals surface area contributed by atoms with Crippen molar-refractivity contribution < 1.29 is 14.3 Å². The quantitative estimate of drug-likeness (QED) is 0.912. The van der Waals surface area contributed by atoms with Crippen LogP contribution in [0.3, 0.4) is 0 Å². The first-order chi connectivity index (χ1) is 10.1. The first kappa shape index (κ1) is 15.4. The lowest BCUT2D eigenvalue weighted by atomic mass is 10.1. The summed E-state index contributed by atoms with van der Waals surface area (Å²) in [5.74, 6) is 0.699. The number of ether oxygens (including phenoxy) is 1. The van der Waals surface area contributed by atoms with E-state index in [0.29, 0.717) is 26.1 Å². The second-order valence-corrected chi connectivity index (χ2v) is 5.32. The minimum absolute atomic E-state index is 0.0302. The van der Waals surface area contributed by atoms with E-state index in [1.807, 2.05) is 32.0 Å². The van der Waals surface area contributed by atoms with Crippen LogP contribution in [0.4, 0.5) is 0 Å². The summed E-state index contributed by atoms with van der Waals surface area (Å²) < 4.78 is 5.69. The van der Waals surface area contributed by atoms with Gasteiger partial charge in [0.1, 0.15) is 5.75 Å². The maximum Gasteiger partial charge on any atom is 0.239 e. The molecule has 1 aliphatic rings. The van der Waals surface area contributed by atoms with Crippen molar-refractivity contribution >= 4 is 11.8 Å². The number of carbonyl (C=O) groups is 2. The third-order valence-corrected chi connectivity index (χ3v) is 3.74. The molecule has 5 nitrogen and oxygen atoms in total. The van der Waals surface area contributed by atoms with Crippen molar-refractivity contribution in [3.8, 4) is 5.75 Å². The standard InChI is InChI=1S/C16H22N2O3/c1-12-5-3-6-14(13(12)2)21-10-7-16(20)18-9-4-8-17-15(19)11-18/h3,5-6H,4,7-11H2,1-2H3,(H,17,19). The van der Waals surface area contributed by atoms with E-state index in [0.717, 1.165) is 17.7 Å². The highest BCUT2D eigenvalue weighted by atomic mass is 16.5. The van der Waals surface area contributed by atoms with Crippen molar-refractivity contribution in [2.75, 3.05) is 26.2 Å². The van der Waals surface area contributed by atoms with Crippen LogP contribution in [0.15, 0.2) is 18.2 Å². The molecular formula is C16H22N2O3. The number of hydrogen-bond acceptors (Lipinski definition) is 3. The maximum absolute atomic E-state index is 12.1. The summed E-state index contributed by atoms with van der Waals surface area (Å²) in [6.45, 7) is 5.79. The molecule has 0 saturated carbocycles. The summed E-state index contributed by atoms with van der Waals surface area (Å²) in [7, 11) is 0. The Balaban J connectivity index is 1.83. The van der Waals surface area contributed by atoms with Crippen LogP contribution in [0.25, 0.3) is 0 Å². The highest BCUT2D eigenvalue weighted by molar-refractivity contribution is 5.85. The normalized spacial score (nSPS) is 15.3. The molecule has 0 radical (unpaired) electrons. The molecule has 0 aliphatic carbocycles. The zero-order valence-corrected chi connectivity index (χ0v) is 12.6. The minimum Gasteiger partial charge on any atom is -0.493 e. The fourth-order valence-corrected chi connectivity index (χ4v) is 2.31. The first-order valence-electron chi connectivity index (χ1n) is 7.31. The van der Waals surface area contributed by atoms with Gasteiger partial charge in [0, 0.05) is 13.1 Å². The second-order valence-electron chi connectivity index (χ2n) is 5.32. The zero-order valence-electron chi connectivity index (χ0n) is 12.6. The fourth-order valence-electron chi connectivity index (χ4n) is 2.31. The van der Waals surface area contributed by atoms with Gasteiger partial charge in [0.15, 0.2) is 0 Å². The largest absolute Gasteiger partial charge is 0.493 e. The van der Waals surface area contributed by atoms with Gasteiger partial charge in [-0.05, 0) is 37.5 Å². The van der Waals surface area contributed by atoms with Gasteiger partial charge in [0.2, 0.25) is 11.8 Å². The highest BCUT2D eigenvalue weighted by Gasteiger charge is 2.19. The Morgan fingerprint density at radius 1 is 1.38 bits per heavy atom. The van der Waals surface area contributed by atoms with Gasteiger partial charge in [-0.2, -0.15) is 0 Å². The van der Waals surface area contributed by atoms with Crippen molar-refractivity contribution in [3.63, 3.8) is 0 Å². The van der Waals surface area contributed by atoms with Crippen molar-refractivity contribution in [2.45, 2.75) is 26.7 Å². The van der Waals surface area contributed by atoms with Crippen molar-refractivity contribution in [3.05, 3.63) is 29.3 Å². The van der Waals surface area contributed by atoms with Crippen LogP contribution in [-0.4, -0.2) is 43.0 Å². The molecule has 0 atom stereocenters. The lowest BCUT2D eigenvalue weighted by molar-refractivity contribution is -0.135. The van der Waals surface area contributed by atoms with Crippen LogP contribution in [0.5, 0.6) is 5.75 Å². The fraction of sp³-hybridized carbons (Fsp3) is 0.500. The monoisotopic (exact) mass is 290 g/mol. The summed E-state index contributed by atoms with van der Waals surface area (Å²) in [5.41, 5.74) is 2.27. The van der Waals surface area contributed by atoms with Crippen LogP contribution in [0.2, 0.25) is 0 Å². The minimum atomic E-state index is -0.0868. The van der Waals surface area contributed by atoms with Gasteiger partial charge in [-0.3, -0.25) is 9.59 Å². The average Bonchev–Trinajstić information content (AvgIpc) is 2.68. The molecule has 0 bridgehead atoms. The zero-order chi connectivity index (χ0) is 15.2. The molecule has 21 heavy (non-hydrogen) atoms. The van der Waals surface area contributed by atoms with Gasteiger partial charge in [0.05, 0.1) is 19.6 Å². The number of benzene rings is 1. The number of rotatable bonds is 4. The Kier molecular flexibility index (Phi) is 5.20. The number of carbonyl (C=O) groups excluding carboxylic acids is 2. The number of hydrogen-bond donors (Lipinski definition) is 1. The van der Waals surface area contributed by atoms with Gasteiger partial charge < -0.3 is 15.0 Å². The average molecular weight is 290 g/mol. The number of nitrogens with one attached hydrogen (secondary N) is 1. The van der Waals surface area contributed by atoms with E-state index in [2.05, 4.69) is 5.32 Å². The Bertz CT molecular complexity index is 528. The Morgan fingerprint density at radius 3 is 3.00 bits per heavy atom. The summed E-state index contributed by atoms with van der Waals surface area (Å²) in [5, 5.41) is 2.76. The maximum atomic E-state index is 12.1. The van der Waals surface area contributed by atoms with E-state index in [1.165, 1.54) is 5.56 Å². The summed E-state index contributed by atoms with van der Waals surface area (Å²) in [6, 6.07) is 5.88. The Morgan fingerprint density at radius 2 is 2.19 bits per heavy atom. The van der Waals surface area contributed by atoms with E-state index < -0.39 is 0 Å². The van der Waals surface area contributed by atoms with Crippen LogP contribution < -0.4 is 10.1 Å². The smallest absolute Gasteiger partial charge is 0.239 e. The summed E-state index contributed by atoms with van der Waals surface area (Å²) in [6.07, 6.45) is 1.09. The van der Waals surface area contributed by atoms with Gasteiger partial charge in [-0.15, -0.1) is 0 Å². The van der Waals surface area contributed by atoms with Crippen LogP contribution in [0.1, 0.15) is 24.0 Å². The van der Waals surface area contributed by atoms with E-state index in [1.54, 1.807) is 4.90 Å². The van der Waals surface area contributed by atoms with Crippen LogP contribution >= 0.6 is 0 Å². The highest BCUT2D eigenvalue weighted by Crippen LogP contribution is 2.20. The topological polar surface area (TPSA) is 58.6 Å². The van der Waals surface area contributed by atoms with E-state index in [-0.39, 0.29) is 18.4 Å². The molecule has 1 N–H and O–H groups in total. The number of nitrogens with zero attached hydrogens (tertiary/aromatic N) is 1. The molecule has 1 aromatic rings. The molecule has 1 saturated heterocycles. The predicted octanol–water partition coefficient (Wildman–Crippen LogP) is 1.42. The van der Waals surface area contributed by atoms with Crippen molar-refractivity contribution in [1.82, 2.24) is 10.2 Å². The van der Waals surface area contributed by atoms with Crippen molar-refractivity contribution in [2.24, 2.45) is 0 Å². The van der Waals surface area contributed by atoms with E-state index >= 15 is 0 Å². The molecule has 1 heterocycles. The molecule has 0 aromatic heterocycles. The van der Waals surface area contributed by atoms with E-state index in [4.69, 9.17) is 4.74 Å². The molecule has 5 heteroatoms.